The molecule has 0 heterocycles. The Bertz CT molecular complexity index is 932. The molecule has 2 fully saturated rings. The molecule has 2 aliphatic carbocycles. The molecule has 4 rings (SSSR count). The summed E-state index contributed by atoms with van der Waals surface area (Å²) < 4.78 is 19.0. The lowest BCUT2D eigenvalue weighted by atomic mass is 9.57. The molecule has 0 bridgehead atoms. The van der Waals surface area contributed by atoms with Crippen molar-refractivity contribution in [3.05, 3.63) is 66.0 Å². The van der Waals surface area contributed by atoms with Crippen molar-refractivity contribution in [1.82, 2.24) is 0 Å². The molecular weight excluding hydrogens is 399 g/mol. The molecule has 170 valence electrons. The maximum absolute atomic E-state index is 13.6. The van der Waals surface area contributed by atoms with Crippen molar-refractivity contribution in [2.45, 2.75) is 52.4 Å². The van der Waals surface area contributed by atoms with E-state index in [-0.39, 0.29) is 11.8 Å². The molecule has 2 aromatic carbocycles. The number of carbonyl (C=O) groups is 1. The molecule has 0 spiro atoms. The summed E-state index contributed by atoms with van der Waals surface area (Å²) in [5.41, 5.74) is 3.10. The van der Waals surface area contributed by atoms with Gasteiger partial charge in [0.15, 0.2) is 0 Å². The van der Waals surface area contributed by atoms with Crippen molar-refractivity contribution in [3.8, 4) is 11.1 Å². The van der Waals surface area contributed by atoms with E-state index in [2.05, 4.69) is 43.3 Å². The van der Waals surface area contributed by atoms with Crippen LogP contribution in [0.15, 0.2) is 54.6 Å². The van der Waals surface area contributed by atoms with Gasteiger partial charge in [-0.25, -0.2) is 4.39 Å². The molecule has 5 atom stereocenters. The minimum absolute atomic E-state index is 0.170. The molecule has 32 heavy (non-hydrogen) atoms. The lowest BCUT2D eigenvalue weighted by molar-refractivity contribution is -0.144. The van der Waals surface area contributed by atoms with Gasteiger partial charge in [-0.15, -0.1) is 0 Å². The fourth-order valence-corrected chi connectivity index (χ4v) is 6.22. The second-order valence-corrected chi connectivity index (χ2v) is 9.65. The third kappa shape index (κ3) is 5.31. The number of rotatable bonds is 6. The van der Waals surface area contributed by atoms with Crippen LogP contribution in [0.2, 0.25) is 0 Å². The van der Waals surface area contributed by atoms with E-state index in [1.54, 1.807) is 12.1 Å². The molecule has 0 unspecified atom stereocenters. The summed E-state index contributed by atoms with van der Waals surface area (Å²) in [5, 5.41) is 0. The summed E-state index contributed by atoms with van der Waals surface area (Å²) in [7, 11) is 0. The number of esters is 1. The molecule has 2 aliphatic rings. The van der Waals surface area contributed by atoms with Gasteiger partial charge in [-0.3, -0.25) is 4.79 Å². The molecule has 0 amide bonds. The van der Waals surface area contributed by atoms with Gasteiger partial charge in [-0.1, -0.05) is 81.2 Å². The lowest BCUT2D eigenvalue weighted by Crippen LogP contribution is -2.42. The molecule has 2 nitrogen and oxygen atoms in total. The minimum Gasteiger partial charge on any atom is -0.466 e. The van der Waals surface area contributed by atoms with Gasteiger partial charge in [-0.05, 0) is 71.3 Å². The smallest absolute Gasteiger partial charge is 0.302 e. The Balaban J connectivity index is 1.53. The summed E-state index contributed by atoms with van der Waals surface area (Å²) in [6, 6.07) is 15.1. The van der Waals surface area contributed by atoms with Gasteiger partial charge in [0.25, 0.3) is 0 Å². The molecule has 0 N–H and O–H groups in total. The number of hydrogen-bond donors (Lipinski definition) is 0. The van der Waals surface area contributed by atoms with Crippen LogP contribution in [0.1, 0.15) is 57.9 Å². The number of halogens is 1. The zero-order valence-electron chi connectivity index (χ0n) is 19.3. The summed E-state index contributed by atoms with van der Waals surface area (Å²) >= 11 is 0. The molecular formula is C29H35FO2. The summed E-state index contributed by atoms with van der Waals surface area (Å²) in [4.78, 5) is 11.4. The largest absolute Gasteiger partial charge is 0.466 e. The van der Waals surface area contributed by atoms with E-state index in [0.717, 1.165) is 29.4 Å². The van der Waals surface area contributed by atoms with Crippen LogP contribution in [0.4, 0.5) is 4.39 Å². The highest BCUT2D eigenvalue weighted by Gasteiger charge is 2.43. The maximum Gasteiger partial charge on any atom is 0.302 e. The van der Waals surface area contributed by atoms with E-state index in [0.29, 0.717) is 24.4 Å². The van der Waals surface area contributed by atoms with Crippen molar-refractivity contribution in [1.29, 1.82) is 0 Å². The van der Waals surface area contributed by atoms with Crippen LogP contribution in [0.5, 0.6) is 0 Å². The highest BCUT2D eigenvalue weighted by atomic mass is 19.1. The van der Waals surface area contributed by atoms with E-state index in [1.165, 1.54) is 50.7 Å². The molecule has 0 radical (unpaired) electrons. The molecule has 0 aliphatic heterocycles. The fourth-order valence-electron chi connectivity index (χ4n) is 6.22. The fraction of sp³-hybridized carbons (Fsp3) is 0.483. The molecule has 3 heteroatoms. The maximum atomic E-state index is 13.6. The predicted molar refractivity (Wildman–Crippen MR) is 128 cm³/mol. The normalized spacial score (nSPS) is 27.8. The Kier molecular flexibility index (Phi) is 7.44. The number of fused-ring (bicyclic) bond motifs is 1. The molecule has 0 saturated heterocycles. The van der Waals surface area contributed by atoms with Crippen molar-refractivity contribution in [2.24, 2.45) is 29.6 Å². The SMILES string of the molecule is CC[C@H]1[C@H](COC(C)=O)C[C@@H]2CCCC[C@H]2[C@@H]1/C=C/c1ccc(-c2cccc(F)c2)cc1. The van der Waals surface area contributed by atoms with Crippen LogP contribution in [0.25, 0.3) is 17.2 Å². The van der Waals surface area contributed by atoms with Crippen LogP contribution in [-0.2, 0) is 9.53 Å². The standard InChI is InChI=1S/C29H35FO2/c1-3-27-25(19-32-20(2)31)17-24-7-4-5-10-28(24)29(27)16-13-21-11-14-22(15-12-21)23-8-6-9-26(30)18-23/h6,8-9,11-16,18,24-25,27-29H,3-5,7,10,17,19H2,1-2H3/b16-13+/t24-,25-,27-,28+,29+/m0/s1. The van der Waals surface area contributed by atoms with E-state index in [1.807, 2.05) is 6.07 Å². The van der Waals surface area contributed by atoms with Gasteiger partial charge in [0.05, 0.1) is 6.61 Å². The van der Waals surface area contributed by atoms with E-state index in [9.17, 15) is 9.18 Å². The monoisotopic (exact) mass is 434 g/mol. The van der Waals surface area contributed by atoms with Crippen LogP contribution in [0.3, 0.4) is 0 Å². The number of hydrogen-bond acceptors (Lipinski definition) is 2. The first-order valence-electron chi connectivity index (χ1n) is 12.2. The number of ether oxygens (including phenoxy) is 1. The van der Waals surface area contributed by atoms with E-state index >= 15 is 0 Å². The van der Waals surface area contributed by atoms with Crippen molar-refractivity contribution in [2.75, 3.05) is 6.61 Å². The third-order valence-corrected chi connectivity index (χ3v) is 7.72. The van der Waals surface area contributed by atoms with Gasteiger partial charge >= 0.3 is 5.97 Å². The van der Waals surface area contributed by atoms with Gasteiger partial charge < -0.3 is 4.74 Å². The topological polar surface area (TPSA) is 26.3 Å². The minimum atomic E-state index is -0.209. The third-order valence-electron chi connectivity index (χ3n) is 7.72. The van der Waals surface area contributed by atoms with Gasteiger partial charge in [0, 0.05) is 6.92 Å². The molecule has 2 saturated carbocycles. The second-order valence-electron chi connectivity index (χ2n) is 9.65. The van der Waals surface area contributed by atoms with Crippen molar-refractivity contribution >= 4 is 12.0 Å². The lowest BCUT2D eigenvalue weighted by Gasteiger charge is -2.48. The van der Waals surface area contributed by atoms with Gasteiger partial charge in [0.1, 0.15) is 5.82 Å². The first-order chi connectivity index (χ1) is 15.5. The second kappa shape index (κ2) is 10.5. The van der Waals surface area contributed by atoms with Crippen LogP contribution >= 0.6 is 0 Å². The average Bonchev–Trinajstić information content (AvgIpc) is 2.81. The first-order valence-corrected chi connectivity index (χ1v) is 12.2. The van der Waals surface area contributed by atoms with Crippen LogP contribution in [-0.4, -0.2) is 12.6 Å². The van der Waals surface area contributed by atoms with Gasteiger partial charge in [0.2, 0.25) is 0 Å². The Morgan fingerprint density at radius 3 is 2.59 bits per heavy atom. The van der Waals surface area contributed by atoms with Gasteiger partial charge in [-0.2, -0.15) is 0 Å². The van der Waals surface area contributed by atoms with Crippen LogP contribution < -0.4 is 0 Å². The number of carbonyl (C=O) groups excluding carboxylic acids is 1. The Hall–Kier alpha value is -2.42. The predicted octanol–water partition coefficient (Wildman–Crippen LogP) is 7.54. The highest BCUT2D eigenvalue weighted by Crippen LogP contribution is 2.50. The quantitative estimate of drug-likeness (QED) is 0.439. The molecule has 0 aromatic heterocycles. The Morgan fingerprint density at radius 1 is 1.09 bits per heavy atom. The summed E-state index contributed by atoms with van der Waals surface area (Å²) in [5.74, 6) is 2.64. The summed E-state index contributed by atoms with van der Waals surface area (Å²) in [6.45, 7) is 4.35. The zero-order chi connectivity index (χ0) is 22.5. The molecule has 2 aromatic rings. The van der Waals surface area contributed by atoms with Crippen molar-refractivity contribution < 1.29 is 13.9 Å². The Labute approximate surface area is 191 Å². The van der Waals surface area contributed by atoms with Crippen LogP contribution in [0, 0.1) is 35.4 Å². The van der Waals surface area contributed by atoms with E-state index < -0.39 is 0 Å². The zero-order valence-corrected chi connectivity index (χ0v) is 19.3. The summed E-state index contributed by atoms with van der Waals surface area (Å²) in [6.07, 6.45) is 12.3. The number of benzene rings is 2. The Morgan fingerprint density at radius 2 is 1.88 bits per heavy atom. The van der Waals surface area contributed by atoms with E-state index in [4.69, 9.17) is 4.74 Å². The number of allylic oxidation sites excluding steroid dienone is 1. The first kappa shape index (κ1) is 22.8. The average molecular weight is 435 g/mol. The highest BCUT2D eigenvalue weighted by molar-refractivity contribution is 5.66. The van der Waals surface area contributed by atoms with Crippen molar-refractivity contribution in [3.63, 3.8) is 0 Å².